The Morgan fingerprint density at radius 1 is 1.12 bits per heavy atom. The third kappa shape index (κ3) is 2.12. The van der Waals surface area contributed by atoms with E-state index in [0.717, 1.165) is 38.5 Å². The molecule has 0 aromatic heterocycles. The van der Waals surface area contributed by atoms with Gasteiger partial charge < -0.3 is 5.11 Å². The summed E-state index contributed by atoms with van der Waals surface area (Å²) in [5, 5.41) is 10.9. The summed E-state index contributed by atoms with van der Waals surface area (Å²) in [6, 6.07) is 0. The number of hydrogen-bond acceptors (Lipinski definition) is 3. The Bertz CT molecular complexity index is 569. The second kappa shape index (κ2) is 5.40. The van der Waals surface area contributed by atoms with Crippen LogP contribution in [-0.2, 0) is 9.59 Å². The Kier molecular flexibility index (Phi) is 3.77. The van der Waals surface area contributed by atoms with Crippen LogP contribution in [0.1, 0.15) is 72.1 Å². The van der Waals surface area contributed by atoms with Crippen LogP contribution in [0.5, 0.6) is 0 Å². The zero-order valence-electron chi connectivity index (χ0n) is 15.4. The average Bonchev–Trinajstić information content (AvgIpc) is 2.80. The molecule has 134 valence electrons. The zero-order valence-corrected chi connectivity index (χ0v) is 15.4. The Morgan fingerprint density at radius 3 is 2.58 bits per heavy atom. The van der Waals surface area contributed by atoms with Crippen molar-refractivity contribution in [1.82, 2.24) is 0 Å². The second-order valence-corrected chi connectivity index (χ2v) is 9.83. The fourth-order valence-corrected chi connectivity index (χ4v) is 7.74. The molecule has 0 saturated heterocycles. The van der Waals surface area contributed by atoms with E-state index >= 15 is 0 Å². The van der Waals surface area contributed by atoms with Crippen molar-refractivity contribution < 1.29 is 14.7 Å². The summed E-state index contributed by atoms with van der Waals surface area (Å²) in [6.07, 6.45) is 7.42. The summed E-state index contributed by atoms with van der Waals surface area (Å²) < 4.78 is 0. The van der Waals surface area contributed by atoms with Gasteiger partial charge in [0.2, 0.25) is 0 Å². The van der Waals surface area contributed by atoms with Crippen LogP contribution in [0, 0.1) is 40.4 Å². The normalized spacial score (nSPS) is 53.9. The lowest BCUT2D eigenvalue weighted by Gasteiger charge is -2.60. The van der Waals surface area contributed by atoms with Gasteiger partial charge in [0, 0.05) is 18.8 Å². The first-order chi connectivity index (χ1) is 11.3. The molecule has 1 N–H and O–H groups in total. The largest absolute Gasteiger partial charge is 0.393 e. The zero-order chi connectivity index (χ0) is 17.3. The fraction of sp³-hybridized carbons (Fsp3) is 0.905. The maximum absolute atomic E-state index is 12.2. The van der Waals surface area contributed by atoms with Gasteiger partial charge in [-0.15, -0.1) is 0 Å². The Morgan fingerprint density at radius 2 is 1.88 bits per heavy atom. The molecule has 8 atom stereocenters. The van der Waals surface area contributed by atoms with Gasteiger partial charge in [0.1, 0.15) is 11.6 Å². The van der Waals surface area contributed by atoms with E-state index in [1.54, 1.807) is 6.92 Å². The number of fused-ring (bicyclic) bond motifs is 5. The molecule has 4 rings (SSSR count). The standard InChI is InChI=1S/C21H32O3/c1-12(22)17-11-18(24)19-15-5-4-13-10-14(23)6-8-20(13,2)16(15)7-9-21(17,19)3/h13,15-19,24H,4-11H2,1-3H3/t13-,15-,16+,17-,18+,19-,20-,21+/m0/s1. The van der Waals surface area contributed by atoms with E-state index in [4.69, 9.17) is 0 Å². The first kappa shape index (κ1) is 16.8. The molecule has 0 aromatic carbocycles. The van der Waals surface area contributed by atoms with Crippen molar-refractivity contribution in [2.24, 2.45) is 40.4 Å². The SMILES string of the molecule is CC(=O)[C@@H]1C[C@@H](O)[C@@H]2[C@H]3CC[C@H]4CC(=O)CC[C@]4(C)[C@@H]3CC[C@@]21C. The summed E-state index contributed by atoms with van der Waals surface area (Å²) >= 11 is 0. The number of ketones is 2. The molecular weight excluding hydrogens is 300 g/mol. The van der Waals surface area contributed by atoms with Gasteiger partial charge in [-0.3, -0.25) is 9.59 Å². The molecule has 0 bridgehead atoms. The third-order valence-corrected chi connectivity index (χ3v) is 8.96. The van der Waals surface area contributed by atoms with Gasteiger partial charge in [0.25, 0.3) is 0 Å². The van der Waals surface area contributed by atoms with E-state index in [1.807, 2.05) is 0 Å². The number of carbonyl (C=O) groups excluding carboxylic acids is 2. The highest BCUT2D eigenvalue weighted by Crippen LogP contribution is 2.67. The van der Waals surface area contributed by atoms with Crippen molar-refractivity contribution in [3.8, 4) is 0 Å². The van der Waals surface area contributed by atoms with Crippen LogP contribution < -0.4 is 0 Å². The van der Waals surface area contributed by atoms with Crippen molar-refractivity contribution in [2.45, 2.75) is 78.2 Å². The van der Waals surface area contributed by atoms with Crippen LogP contribution in [0.4, 0.5) is 0 Å². The lowest BCUT2D eigenvalue weighted by molar-refractivity contribution is -0.148. The van der Waals surface area contributed by atoms with Crippen LogP contribution in [0.2, 0.25) is 0 Å². The number of carbonyl (C=O) groups is 2. The summed E-state index contributed by atoms with van der Waals surface area (Å²) in [5.41, 5.74) is 0.256. The lowest BCUT2D eigenvalue weighted by atomic mass is 9.44. The third-order valence-electron chi connectivity index (χ3n) is 8.96. The van der Waals surface area contributed by atoms with Gasteiger partial charge in [0.15, 0.2) is 0 Å². The van der Waals surface area contributed by atoms with E-state index < -0.39 is 0 Å². The van der Waals surface area contributed by atoms with Gasteiger partial charge in [0.05, 0.1) is 6.10 Å². The lowest BCUT2D eigenvalue weighted by Crippen LogP contribution is -2.55. The van der Waals surface area contributed by atoms with Gasteiger partial charge in [-0.2, -0.15) is 0 Å². The first-order valence-electron chi connectivity index (χ1n) is 9.97. The summed E-state index contributed by atoms with van der Waals surface area (Å²) in [6.45, 7) is 6.41. The van der Waals surface area contributed by atoms with Crippen LogP contribution in [0.25, 0.3) is 0 Å². The molecular formula is C21H32O3. The molecule has 0 aliphatic heterocycles. The van der Waals surface area contributed by atoms with E-state index in [9.17, 15) is 14.7 Å². The van der Waals surface area contributed by atoms with Crippen LogP contribution in [-0.4, -0.2) is 22.8 Å². The number of rotatable bonds is 1. The smallest absolute Gasteiger partial charge is 0.133 e. The Hall–Kier alpha value is -0.700. The van der Waals surface area contributed by atoms with E-state index in [1.165, 1.54) is 6.42 Å². The molecule has 4 aliphatic rings. The molecule has 0 heterocycles. The van der Waals surface area contributed by atoms with Crippen molar-refractivity contribution in [3.05, 3.63) is 0 Å². The molecule has 3 nitrogen and oxygen atoms in total. The maximum Gasteiger partial charge on any atom is 0.133 e. The highest BCUT2D eigenvalue weighted by Gasteiger charge is 2.63. The molecule has 0 spiro atoms. The van der Waals surface area contributed by atoms with E-state index in [2.05, 4.69) is 13.8 Å². The minimum absolute atomic E-state index is 0.0138. The highest BCUT2D eigenvalue weighted by atomic mass is 16.3. The minimum Gasteiger partial charge on any atom is -0.393 e. The Balaban J connectivity index is 1.66. The molecule has 4 fully saturated rings. The van der Waals surface area contributed by atoms with Gasteiger partial charge in [-0.1, -0.05) is 13.8 Å². The first-order valence-corrected chi connectivity index (χ1v) is 9.97. The predicted molar refractivity (Wildman–Crippen MR) is 92.3 cm³/mol. The van der Waals surface area contributed by atoms with Crippen molar-refractivity contribution in [3.63, 3.8) is 0 Å². The van der Waals surface area contributed by atoms with Crippen LogP contribution >= 0.6 is 0 Å². The summed E-state index contributed by atoms with van der Waals surface area (Å²) in [5.74, 6) is 2.75. The topological polar surface area (TPSA) is 54.4 Å². The van der Waals surface area contributed by atoms with Crippen molar-refractivity contribution in [1.29, 1.82) is 0 Å². The molecule has 0 aromatic rings. The molecule has 0 radical (unpaired) electrons. The quantitative estimate of drug-likeness (QED) is 0.795. The van der Waals surface area contributed by atoms with Gasteiger partial charge in [-0.25, -0.2) is 0 Å². The number of aliphatic hydroxyl groups excluding tert-OH is 1. The van der Waals surface area contributed by atoms with Crippen molar-refractivity contribution >= 4 is 11.6 Å². The predicted octanol–water partition coefficient (Wildman–Crippen LogP) is 3.77. The fourth-order valence-electron chi connectivity index (χ4n) is 7.74. The minimum atomic E-state index is -0.318. The molecule has 4 saturated carbocycles. The van der Waals surface area contributed by atoms with Gasteiger partial charge in [-0.05, 0) is 80.0 Å². The molecule has 0 amide bonds. The van der Waals surface area contributed by atoms with Gasteiger partial charge >= 0.3 is 0 Å². The van der Waals surface area contributed by atoms with Crippen molar-refractivity contribution in [2.75, 3.05) is 0 Å². The van der Waals surface area contributed by atoms with E-state index in [-0.39, 0.29) is 34.6 Å². The van der Waals surface area contributed by atoms with Crippen LogP contribution in [0.3, 0.4) is 0 Å². The Labute approximate surface area is 145 Å². The molecule has 0 unspecified atom stereocenters. The molecule has 24 heavy (non-hydrogen) atoms. The van der Waals surface area contributed by atoms with Crippen LogP contribution in [0.15, 0.2) is 0 Å². The molecule has 4 aliphatic carbocycles. The average molecular weight is 332 g/mol. The monoisotopic (exact) mass is 332 g/mol. The molecule has 3 heteroatoms. The summed E-state index contributed by atoms with van der Waals surface area (Å²) in [4.78, 5) is 24.1. The second-order valence-electron chi connectivity index (χ2n) is 9.83. The highest BCUT2D eigenvalue weighted by molar-refractivity contribution is 5.80. The maximum atomic E-state index is 12.2. The summed E-state index contributed by atoms with van der Waals surface area (Å²) in [7, 11) is 0. The number of hydrogen-bond donors (Lipinski definition) is 1. The number of Topliss-reactive ketones (excluding diaryl/α,β-unsaturated/α-hetero) is 2. The number of aliphatic hydroxyl groups is 1. The van der Waals surface area contributed by atoms with E-state index in [0.29, 0.717) is 30.0 Å².